The Hall–Kier alpha value is -1.17. The molecule has 0 spiro atoms. The molecule has 1 N–H and O–H groups in total. The van der Waals surface area contributed by atoms with Crippen LogP contribution in [0.3, 0.4) is 0 Å². The summed E-state index contributed by atoms with van der Waals surface area (Å²) in [4.78, 5) is 17.1. The molecule has 0 amide bonds. The third-order valence-corrected chi connectivity index (χ3v) is 2.62. The van der Waals surface area contributed by atoms with Crippen molar-refractivity contribution in [1.29, 1.82) is 0 Å². The average Bonchev–Trinajstić information content (AvgIpc) is 1.97. The monoisotopic (exact) mass is 202 g/mol. The maximum Gasteiger partial charge on any atom is 0.254 e. The average molecular weight is 202 g/mol. The summed E-state index contributed by atoms with van der Waals surface area (Å²) in [6, 6.07) is 0. The Morgan fingerprint density at radius 3 is 2.23 bits per heavy atom. The summed E-state index contributed by atoms with van der Waals surface area (Å²) >= 11 is 0. The molecule has 0 atom stereocenters. The van der Waals surface area contributed by atoms with E-state index in [2.05, 4.69) is 9.97 Å². The van der Waals surface area contributed by atoms with Crippen LogP contribution in [0.4, 0.5) is 0 Å². The molecule has 1 aromatic heterocycles. The van der Waals surface area contributed by atoms with Crippen LogP contribution in [0.2, 0.25) is 0 Å². The zero-order chi connectivity index (χ0) is 10.2. The van der Waals surface area contributed by atoms with Gasteiger partial charge in [0.2, 0.25) is 15.0 Å². The second-order valence-corrected chi connectivity index (χ2v) is 4.78. The fourth-order valence-corrected chi connectivity index (χ4v) is 1.38. The lowest BCUT2D eigenvalue weighted by Gasteiger charge is -2.00. The van der Waals surface area contributed by atoms with Crippen LogP contribution in [-0.2, 0) is 9.84 Å². The Morgan fingerprint density at radius 1 is 1.31 bits per heavy atom. The predicted molar refractivity (Wildman–Crippen MR) is 47.4 cm³/mol. The molecule has 0 aromatic carbocycles. The van der Waals surface area contributed by atoms with Crippen LogP contribution >= 0.6 is 0 Å². The van der Waals surface area contributed by atoms with Gasteiger partial charge in [0, 0.05) is 17.5 Å². The minimum Gasteiger partial charge on any atom is -0.297 e. The molecule has 1 rings (SSSR count). The molecule has 72 valence electrons. The van der Waals surface area contributed by atoms with E-state index in [1.54, 1.807) is 13.8 Å². The van der Waals surface area contributed by atoms with E-state index in [1.807, 2.05) is 0 Å². The molecule has 0 aliphatic carbocycles. The first-order valence-electron chi connectivity index (χ1n) is 3.60. The summed E-state index contributed by atoms with van der Waals surface area (Å²) in [6.45, 7) is 3.19. The molecule has 0 bridgehead atoms. The number of sulfone groups is 1. The highest BCUT2D eigenvalue weighted by molar-refractivity contribution is 7.90. The Balaban J connectivity index is 3.56. The van der Waals surface area contributed by atoms with Gasteiger partial charge < -0.3 is 0 Å². The molecule has 0 aliphatic heterocycles. The third kappa shape index (κ3) is 1.95. The molecule has 1 heterocycles. The zero-order valence-corrected chi connectivity index (χ0v) is 8.40. The summed E-state index contributed by atoms with van der Waals surface area (Å²) in [5.74, 6) is 0. The molecular formula is C7H10N2O3S. The second-order valence-electron chi connectivity index (χ2n) is 2.85. The molecule has 0 unspecified atom stereocenters. The third-order valence-electron chi connectivity index (χ3n) is 1.72. The Morgan fingerprint density at radius 2 is 1.85 bits per heavy atom. The highest BCUT2D eigenvalue weighted by atomic mass is 32.2. The van der Waals surface area contributed by atoms with Crippen molar-refractivity contribution in [2.75, 3.05) is 6.26 Å². The molecule has 0 saturated heterocycles. The van der Waals surface area contributed by atoms with Crippen LogP contribution in [0.15, 0.2) is 9.95 Å². The van der Waals surface area contributed by atoms with Gasteiger partial charge in [-0.1, -0.05) is 0 Å². The number of nitrogens with one attached hydrogen (secondary N) is 1. The van der Waals surface area contributed by atoms with Crippen LogP contribution in [0.5, 0.6) is 0 Å². The van der Waals surface area contributed by atoms with Gasteiger partial charge in [-0.2, -0.15) is 0 Å². The zero-order valence-electron chi connectivity index (χ0n) is 7.58. The van der Waals surface area contributed by atoms with Crippen LogP contribution in [-0.4, -0.2) is 24.6 Å². The van der Waals surface area contributed by atoms with Gasteiger partial charge in [0.25, 0.3) is 5.56 Å². The van der Waals surface area contributed by atoms with Gasteiger partial charge >= 0.3 is 0 Å². The summed E-state index contributed by atoms with van der Waals surface area (Å²) < 4.78 is 22.0. The van der Waals surface area contributed by atoms with Gasteiger partial charge in [-0.3, -0.25) is 9.78 Å². The van der Waals surface area contributed by atoms with E-state index in [9.17, 15) is 13.2 Å². The SMILES string of the molecule is Cc1nc(S(C)(=O)=O)[nH]c(=O)c1C. The van der Waals surface area contributed by atoms with Crippen LogP contribution in [0, 0.1) is 13.8 Å². The van der Waals surface area contributed by atoms with Gasteiger partial charge in [-0.05, 0) is 13.8 Å². The first-order valence-corrected chi connectivity index (χ1v) is 5.49. The lowest BCUT2D eigenvalue weighted by Crippen LogP contribution is -2.18. The summed E-state index contributed by atoms with van der Waals surface area (Å²) in [5, 5.41) is -0.277. The maximum absolute atomic E-state index is 11.1. The molecule has 0 saturated carbocycles. The molecule has 0 fully saturated rings. The normalized spacial score (nSPS) is 11.6. The first kappa shape index (κ1) is 9.91. The quantitative estimate of drug-likeness (QED) is 0.639. The highest BCUT2D eigenvalue weighted by Gasteiger charge is 2.12. The van der Waals surface area contributed by atoms with E-state index < -0.39 is 15.4 Å². The van der Waals surface area contributed by atoms with Crippen molar-refractivity contribution in [3.8, 4) is 0 Å². The van der Waals surface area contributed by atoms with Crippen LogP contribution in [0.1, 0.15) is 11.3 Å². The first-order chi connectivity index (χ1) is 5.82. The van der Waals surface area contributed by atoms with Crippen LogP contribution < -0.4 is 5.56 Å². The summed E-state index contributed by atoms with van der Waals surface area (Å²) in [6.07, 6.45) is 1.00. The van der Waals surface area contributed by atoms with Crippen LogP contribution in [0.25, 0.3) is 0 Å². The van der Waals surface area contributed by atoms with Crippen molar-refractivity contribution in [2.45, 2.75) is 19.0 Å². The van der Waals surface area contributed by atoms with E-state index in [4.69, 9.17) is 0 Å². The molecule has 6 heteroatoms. The van der Waals surface area contributed by atoms with E-state index in [0.29, 0.717) is 11.3 Å². The fourth-order valence-electron chi connectivity index (χ4n) is 0.795. The number of H-pyrrole nitrogens is 1. The topological polar surface area (TPSA) is 79.9 Å². The Bertz CT molecular complexity index is 487. The van der Waals surface area contributed by atoms with Gasteiger partial charge in [0.05, 0.1) is 0 Å². The number of hydrogen-bond donors (Lipinski definition) is 1. The van der Waals surface area contributed by atoms with E-state index >= 15 is 0 Å². The van der Waals surface area contributed by atoms with Crippen molar-refractivity contribution >= 4 is 9.84 Å². The molecular weight excluding hydrogens is 192 g/mol. The molecule has 5 nitrogen and oxygen atoms in total. The molecule has 1 aromatic rings. The van der Waals surface area contributed by atoms with E-state index in [-0.39, 0.29) is 5.16 Å². The van der Waals surface area contributed by atoms with Crippen molar-refractivity contribution in [2.24, 2.45) is 0 Å². The van der Waals surface area contributed by atoms with E-state index in [1.165, 1.54) is 0 Å². The molecule has 0 radical (unpaired) electrons. The number of hydrogen-bond acceptors (Lipinski definition) is 4. The van der Waals surface area contributed by atoms with Gasteiger partial charge in [-0.15, -0.1) is 0 Å². The van der Waals surface area contributed by atoms with Crippen molar-refractivity contribution < 1.29 is 8.42 Å². The van der Waals surface area contributed by atoms with Crippen molar-refractivity contribution in [3.05, 3.63) is 21.6 Å². The lowest BCUT2D eigenvalue weighted by molar-refractivity contribution is 0.591. The summed E-state index contributed by atoms with van der Waals surface area (Å²) in [5.41, 5.74) is 0.463. The Labute approximate surface area is 75.8 Å². The molecule has 13 heavy (non-hydrogen) atoms. The number of aromatic nitrogens is 2. The smallest absolute Gasteiger partial charge is 0.254 e. The fraction of sp³-hybridized carbons (Fsp3) is 0.429. The van der Waals surface area contributed by atoms with Crippen molar-refractivity contribution in [3.63, 3.8) is 0 Å². The summed E-state index contributed by atoms with van der Waals surface area (Å²) in [7, 11) is -3.43. The largest absolute Gasteiger partial charge is 0.297 e. The predicted octanol–water partition coefficient (Wildman–Crippen LogP) is -0.210. The number of aryl methyl sites for hydroxylation is 1. The standard InChI is InChI=1S/C7H10N2O3S/c1-4-5(2)8-7(9-6(4)10)13(3,11)12/h1-3H3,(H,8,9,10). The van der Waals surface area contributed by atoms with Gasteiger partial charge in [-0.25, -0.2) is 13.4 Å². The maximum atomic E-state index is 11.1. The van der Waals surface area contributed by atoms with Gasteiger partial charge in [0.1, 0.15) is 0 Å². The second kappa shape index (κ2) is 2.95. The minimum atomic E-state index is -3.43. The number of nitrogens with zero attached hydrogens (tertiary/aromatic N) is 1. The lowest BCUT2D eigenvalue weighted by atomic mass is 10.3. The number of aromatic amines is 1. The molecule has 0 aliphatic rings. The number of rotatable bonds is 1. The Kier molecular flexibility index (Phi) is 2.25. The van der Waals surface area contributed by atoms with Crippen molar-refractivity contribution in [1.82, 2.24) is 9.97 Å². The minimum absolute atomic E-state index is 0.277. The van der Waals surface area contributed by atoms with Gasteiger partial charge in [0.15, 0.2) is 0 Å². The van der Waals surface area contributed by atoms with E-state index in [0.717, 1.165) is 6.26 Å². The highest BCUT2D eigenvalue weighted by Crippen LogP contribution is 2.01.